The second-order valence-corrected chi connectivity index (χ2v) is 7.53. The SMILES string of the molecule is CCCOc1c(Cl)cc(C(=O)Nc2sccc2C(=O)NC2CC2)cc1OC. The Kier molecular flexibility index (Phi) is 6.23. The molecule has 0 aliphatic heterocycles. The number of amides is 2. The predicted octanol–water partition coefficient (Wildman–Crippen LogP) is 4.34. The first-order valence-corrected chi connectivity index (χ1v) is 9.99. The summed E-state index contributed by atoms with van der Waals surface area (Å²) in [7, 11) is 1.49. The third kappa shape index (κ3) is 4.73. The van der Waals surface area contributed by atoms with Gasteiger partial charge in [-0.05, 0) is 42.8 Å². The highest BCUT2D eigenvalue weighted by atomic mass is 35.5. The smallest absolute Gasteiger partial charge is 0.256 e. The predicted molar refractivity (Wildman–Crippen MR) is 107 cm³/mol. The van der Waals surface area contributed by atoms with Gasteiger partial charge in [0.1, 0.15) is 5.00 Å². The van der Waals surface area contributed by atoms with Gasteiger partial charge in [0.05, 0.1) is 24.3 Å². The van der Waals surface area contributed by atoms with Crippen molar-refractivity contribution in [3.63, 3.8) is 0 Å². The lowest BCUT2D eigenvalue weighted by Crippen LogP contribution is -2.26. The lowest BCUT2D eigenvalue weighted by molar-refractivity contribution is 0.0952. The number of halogens is 1. The van der Waals surface area contributed by atoms with E-state index in [0.29, 0.717) is 39.3 Å². The van der Waals surface area contributed by atoms with Crippen molar-refractivity contribution in [2.24, 2.45) is 0 Å². The van der Waals surface area contributed by atoms with Crippen molar-refractivity contribution >= 4 is 39.8 Å². The van der Waals surface area contributed by atoms with Gasteiger partial charge >= 0.3 is 0 Å². The van der Waals surface area contributed by atoms with Crippen molar-refractivity contribution in [1.82, 2.24) is 5.32 Å². The van der Waals surface area contributed by atoms with Crippen molar-refractivity contribution in [2.75, 3.05) is 19.0 Å². The average molecular weight is 409 g/mol. The molecule has 1 saturated carbocycles. The summed E-state index contributed by atoms with van der Waals surface area (Å²) in [5.41, 5.74) is 0.781. The van der Waals surface area contributed by atoms with E-state index >= 15 is 0 Å². The Hall–Kier alpha value is -2.25. The number of hydrogen-bond donors (Lipinski definition) is 2. The fourth-order valence-electron chi connectivity index (χ4n) is 2.45. The second kappa shape index (κ2) is 8.63. The van der Waals surface area contributed by atoms with Crippen LogP contribution in [0.3, 0.4) is 0 Å². The molecule has 144 valence electrons. The Labute approximate surface area is 166 Å². The van der Waals surface area contributed by atoms with Crippen LogP contribution in [0, 0.1) is 0 Å². The number of rotatable bonds is 8. The Morgan fingerprint density at radius 2 is 2.07 bits per heavy atom. The molecule has 1 aromatic carbocycles. The first kappa shape index (κ1) is 19.5. The van der Waals surface area contributed by atoms with Crippen molar-refractivity contribution < 1.29 is 19.1 Å². The van der Waals surface area contributed by atoms with E-state index in [0.717, 1.165) is 19.3 Å². The molecule has 0 unspecified atom stereocenters. The Balaban J connectivity index is 1.77. The number of ether oxygens (including phenoxy) is 2. The number of thiophene rings is 1. The van der Waals surface area contributed by atoms with Gasteiger partial charge in [0.2, 0.25) is 0 Å². The monoisotopic (exact) mass is 408 g/mol. The molecule has 1 aliphatic rings. The zero-order valence-electron chi connectivity index (χ0n) is 15.1. The van der Waals surface area contributed by atoms with Gasteiger partial charge < -0.3 is 20.1 Å². The molecule has 0 bridgehead atoms. The minimum absolute atomic E-state index is 0.173. The Morgan fingerprint density at radius 3 is 2.74 bits per heavy atom. The minimum Gasteiger partial charge on any atom is -0.493 e. The number of benzene rings is 1. The fourth-order valence-corrected chi connectivity index (χ4v) is 3.49. The molecule has 0 spiro atoms. The van der Waals surface area contributed by atoms with E-state index in [-0.39, 0.29) is 17.9 Å². The molecular weight excluding hydrogens is 388 g/mol. The fraction of sp³-hybridized carbons (Fsp3) is 0.368. The van der Waals surface area contributed by atoms with E-state index in [1.165, 1.54) is 24.5 Å². The van der Waals surface area contributed by atoms with Crippen LogP contribution in [0.5, 0.6) is 11.5 Å². The summed E-state index contributed by atoms with van der Waals surface area (Å²) in [6.07, 6.45) is 2.83. The minimum atomic E-state index is -0.375. The maximum absolute atomic E-state index is 12.7. The van der Waals surface area contributed by atoms with Gasteiger partial charge in [0, 0.05) is 11.6 Å². The molecular formula is C19H21ClN2O4S. The van der Waals surface area contributed by atoms with Gasteiger partial charge in [-0.15, -0.1) is 11.3 Å². The quantitative estimate of drug-likeness (QED) is 0.681. The molecule has 2 aromatic rings. The van der Waals surface area contributed by atoms with Gasteiger partial charge in [0.25, 0.3) is 11.8 Å². The van der Waals surface area contributed by atoms with Crippen LogP contribution >= 0.6 is 22.9 Å². The molecule has 0 radical (unpaired) electrons. The lowest BCUT2D eigenvalue weighted by atomic mass is 10.2. The molecule has 6 nitrogen and oxygen atoms in total. The van der Waals surface area contributed by atoms with E-state index in [4.69, 9.17) is 21.1 Å². The van der Waals surface area contributed by atoms with Gasteiger partial charge in [-0.3, -0.25) is 9.59 Å². The first-order valence-electron chi connectivity index (χ1n) is 8.73. The highest BCUT2D eigenvalue weighted by molar-refractivity contribution is 7.14. The van der Waals surface area contributed by atoms with E-state index in [2.05, 4.69) is 10.6 Å². The molecule has 2 amide bonds. The standard InChI is InChI=1S/C19H21ClN2O4S/c1-3-7-26-16-14(20)9-11(10-15(16)25-2)17(23)22-19-13(6-8-27-19)18(24)21-12-4-5-12/h6,8-10,12H,3-5,7H2,1-2H3,(H,21,24)(H,22,23). The van der Waals surface area contributed by atoms with Crippen LogP contribution in [-0.4, -0.2) is 31.6 Å². The summed E-state index contributed by atoms with van der Waals surface area (Å²) in [4.78, 5) is 25.0. The topological polar surface area (TPSA) is 76.7 Å². The molecule has 2 N–H and O–H groups in total. The number of methoxy groups -OCH3 is 1. The molecule has 1 heterocycles. The number of nitrogens with one attached hydrogen (secondary N) is 2. The number of hydrogen-bond acceptors (Lipinski definition) is 5. The van der Waals surface area contributed by atoms with Crippen LogP contribution in [0.25, 0.3) is 0 Å². The third-order valence-corrected chi connectivity index (χ3v) is 5.10. The third-order valence-electron chi connectivity index (χ3n) is 3.99. The molecule has 3 rings (SSSR count). The largest absolute Gasteiger partial charge is 0.493 e. The van der Waals surface area contributed by atoms with Crippen LogP contribution in [0.2, 0.25) is 5.02 Å². The summed E-state index contributed by atoms with van der Waals surface area (Å²) in [5, 5.41) is 8.28. The van der Waals surface area contributed by atoms with Crippen molar-refractivity contribution in [1.29, 1.82) is 0 Å². The average Bonchev–Trinajstić information content (AvgIpc) is 3.34. The van der Waals surface area contributed by atoms with E-state index in [1.54, 1.807) is 17.5 Å². The number of carbonyl (C=O) groups excluding carboxylic acids is 2. The second-order valence-electron chi connectivity index (χ2n) is 6.20. The zero-order valence-corrected chi connectivity index (χ0v) is 16.7. The van der Waals surface area contributed by atoms with E-state index in [9.17, 15) is 9.59 Å². The molecule has 0 saturated heterocycles. The lowest BCUT2D eigenvalue weighted by Gasteiger charge is -2.14. The summed E-state index contributed by atoms with van der Waals surface area (Å²) < 4.78 is 10.9. The van der Waals surface area contributed by atoms with Crippen LogP contribution in [0.15, 0.2) is 23.6 Å². The van der Waals surface area contributed by atoms with Crippen molar-refractivity contribution in [3.8, 4) is 11.5 Å². The van der Waals surface area contributed by atoms with Gasteiger partial charge in [0.15, 0.2) is 11.5 Å². The van der Waals surface area contributed by atoms with Gasteiger partial charge in [-0.1, -0.05) is 18.5 Å². The molecule has 8 heteroatoms. The summed E-state index contributed by atoms with van der Waals surface area (Å²) >= 11 is 7.57. The number of anilines is 1. The number of carbonyl (C=O) groups is 2. The van der Waals surface area contributed by atoms with Crippen LogP contribution in [0.4, 0.5) is 5.00 Å². The van der Waals surface area contributed by atoms with Gasteiger partial charge in [-0.25, -0.2) is 0 Å². The highest BCUT2D eigenvalue weighted by Crippen LogP contribution is 2.37. The maximum atomic E-state index is 12.7. The molecule has 1 aromatic heterocycles. The normalized spacial score (nSPS) is 13.1. The summed E-state index contributed by atoms with van der Waals surface area (Å²) in [6, 6.07) is 5.05. The van der Waals surface area contributed by atoms with Crippen molar-refractivity contribution in [2.45, 2.75) is 32.2 Å². The van der Waals surface area contributed by atoms with Crippen LogP contribution in [-0.2, 0) is 0 Å². The molecule has 0 atom stereocenters. The molecule has 1 fully saturated rings. The van der Waals surface area contributed by atoms with Crippen LogP contribution in [0.1, 0.15) is 46.9 Å². The summed E-state index contributed by atoms with van der Waals surface area (Å²) in [5.74, 6) is 0.255. The maximum Gasteiger partial charge on any atom is 0.256 e. The van der Waals surface area contributed by atoms with Crippen molar-refractivity contribution in [3.05, 3.63) is 39.7 Å². The zero-order chi connectivity index (χ0) is 19.4. The van der Waals surface area contributed by atoms with Gasteiger partial charge in [-0.2, -0.15) is 0 Å². The van der Waals surface area contributed by atoms with E-state index in [1.807, 2.05) is 6.92 Å². The van der Waals surface area contributed by atoms with E-state index < -0.39 is 0 Å². The summed E-state index contributed by atoms with van der Waals surface area (Å²) in [6.45, 7) is 2.48. The highest BCUT2D eigenvalue weighted by Gasteiger charge is 2.26. The molecule has 1 aliphatic carbocycles. The first-order chi connectivity index (χ1) is 13.0. The van der Waals surface area contributed by atoms with Crippen LogP contribution < -0.4 is 20.1 Å². The Morgan fingerprint density at radius 1 is 1.30 bits per heavy atom. The molecule has 27 heavy (non-hydrogen) atoms. The Bertz CT molecular complexity index is 848.